The number of benzene rings is 1. The van der Waals surface area contributed by atoms with Crippen molar-refractivity contribution in [2.75, 3.05) is 19.8 Å². The Morgan fingerprint density at radius 1 is 1.18 bits per heavy atom. The fraction of sp³-hybridized carbons (Fsp3) is 0.423. The molecule has 0 bridgehead atoms. The lowest BCUT2D eigenvalue weighted by Gasteiger charge is -2.41. The normalized spacial score (nSPS) is 26.8. The summed E-state index contributed by atoms with van der Waals surface area (Å²) in [4.78, 5) is 13.0. The highest BCUT2D eigenvalue weighted by molar-refractivity contribution is 5.89. The molecule has 1 heterocycles. The van der Waals surface area contributed by atoms with Gasteiger partial charge in [0.15, 0.2) is 13.3 Å². The van der Waals surface area contributed by atoms with Crippen LogP contribution in [-0.2, 0) is 16.0 Å². The van der Waals surface area contributed by atoms with Crippen molar-refractivity contribution in [3.63, 3.8) is 0 Å². The van der Waals surface area contributed by atoms with Gasteiger partial charge >= 0.3 is 5.92 Å². The van der Waals surface area contributed by atoms with E-state index >= 15 is 0 Å². The van der Waals surface area contributed by atoms with Gasteiger partial charge in [-0.1, -0.05) is 24.3 Å². The SMILES string of the molecule is CC1(Cc2cc(F)cc(F)c2)C(=O)NCC2=CCC(C3C=CC=C(OCC(F)(F)CF)C3)C=C21. The lowest BCUT2D eigenvalue weighted by molar-refractivity contribution is -0.128. The zero-order chi connectivity index (χ0) is 24.5. The first-order chi connectivity index (χ1) is 16.1. The van der Waals surface area contributed by atoms with Gasteiger partial charge in [-0.05, 0) is 66.5 Å². The van der Waals surface area contributed by atoms with E-state index in [9.17, 15) is 26.7 Å². The number of piperidine rings is 1. The Morgan fingerprint density at radius 3 is 2.62 bits per heavy atom. The summed E-state index contributed by atoms with van der Waals surface area (Å²) in [6.07, 6.45) is 10.5. The smallest absolute Gasteiger partial charge is 0.309 e. The van der Waals surface area contributed by atoms with E-state index in [0.29, 0.717) is 30.7 Å². The van der Waals surface area contributed by atoms with E-state index in [2.05, 4.69) is 5.32 Å². The van der Waals surface area contributed by atoms with Gasteiger partial charge in [-0.15, -0.1) is 0 Å². The first kappa shape index (κ1) is 24.2. The number of halogens is 5. The van der Waals surface area contributed by atoms with Crippen molar-refractivity contribution in [1.82, 2.24) is 5.32 Å². The molecule has 1 fully saturated rings. The average molecular weight is 479 g/mol. The number of ether oxygens (including phenoxy) is 1. The second-order valence-corrected chi connectivity index (χ2v) is 9.34. The van der Waals surface area contributed by atoms with E-state index in [4.69, 9.17) is 4.74 Å². The minimum atomic E-state index is -3.53. The molecular formula is C26H26F5NO2. The summed E-state index contributed by atoms with van der Waals surface area (Å²) in [6, 6.07) is 3.25. The molecule has 3 nitrogen and oxygen atoms in total. The van der Waals surface area contributed by atoms with Gasteiger partial charge in [-0.3, -0.25) is 4.79 Å². The molecule has 0 radical (unpaired) electrons. The Bertz CT molecular complexity index is 1070. The molecular weight excluding hydrogens is 453 g/mol. The Morgan fingerprint density at radius 2 is 1.91 bits per heavy atom. The highest BCUT2D eigenvalue weighted by Crippen LogP contribution is 2.44. The Kier molecular flexibility index (Phi) is 6.69. The molecule has 4 rings (SSSR count). The summed E-state index contributed by atoms with van der Waals surface area (Å²) in [7, 11) is 0. The van der Waals surface area contributed by atoms with E-state index in [1.807, 2.05) is 18.2 Å². The molecule has 1 saturated heterocycles. The van der Waals surface area contributed by atoms with E-state index in [-0.39, 0.29) is 24.2 Å². The maximum absolute atomic E-state index is 13.8. The third-order valence-electron chi connectivity index (χ3n) is 6.67. The fourth-order valence-corrected chi connectivity index (χ4v) is 4.88. The molecule has 8 heteroatoms. The molecule has 1 aliphatic heterocycles. The van der Waals surface area contributed by atoms with Crippen LogP contribution >= 0.6 is 0 Å². The van der Waals surface area contributed by atoms with Crippen LogP contribution in [0.2, 0.25) is 0 Å². The Balaban J connectivity index is 1.55. The summed E-state index contributed by atoms with van der Waals surface area (Å²) in [5.74, 6) is -4.90. The zero-order valence-corrected chi connectivity index (χ0v) is 18.7. The number of nitrogens with one attached hydrogen (secondary N) is 1. The topological polar surface area (TPSA) is 38.3 Å². The summed E-state index contributed by atoms with van der Waals surface area (Å²) >= 11 is 0. The number of rotatable bonds is 7. The molecule has 2 aliphatic carbocycles. The van der Waals surface area contributed by atoms with Crippen LogP contribution in [0, 0.1) is 28.9 Å². The van der Waals surface area contributed by atoms with Gasteiger partial charge in [0.2, 0.25) is 5.91 Å². The van der Waals surface area contributed by atoms with Crippen LogP contribution in [0.4, 0.5) is 22.0 Å². The van der Waals surface area contributed by atoms with Crippen LogP contribution in [-0.4, -0.2) is 31.7 Å². The van der Waals surface area contributed by atoms with Crippen LogP contribution in [0.1, 0.15) is 25.3 Å². The van der Waals surface area contributed by atoms with Gasteiger partial charge in [0.25, 0.3) is 0 Å². The van der Waals surface area contributed by atoms with E-state index < -0.39 is 36.3 Å². The number of alkyl halides is 3. The Hall–Kier alpha value is -2.90. The Labute approximate surface area is 195 Å². The summed E-state index contributed by atoms with van der Waals surface area (Å²) in [5.41, 5.74) is 1.13. The van der Waals surface area contributed by atoms with E-state index in [0.717, 1.165) is 17.2 Å². The fourth-order valence-electron chi connectivity index (χ4n) is 4.88. The number of hydrogen-bond acceptors (Lipinski definition) is 2. The minimum Gasteiger partial charge on any atom is -0.492 e. The molecule has 0 spiro atoms. The van der Waals surface area contributed by atoms with Gasteiger partial charge in [-0.25, -0.2) is 13.2 Å². The largest absolute Gasteiger partial charge is 0.492 e. The van der Waals surface area contributed by atoms with Crippen molar-refractivity contribution in [2.45, 2.75) is 32.1 Å². The predicted molar refractivity (Wildman–Crippen MR) is 118 cm³/mol. The molecule has 1 N–H and O–H groups in total. The lowest BCUT2D eigenvalue weighted by atomic mass is 9.66. The predicted octanol–water partition coefficient (Wildman–Crippen LogP) is 5.60. The molecule has 3 aliphatic rings. The summed E-state index contributed by atoms with van der Waals surface area (Å²) < 4.78 is 71.6. The van der Waals surface area contributed by atoms with Crippen LogP contribution in [0.5, 0.6) is 0 Å². The maximum Gasteiger partial charge on any atom is 0.309 e. The van der Waals surface area contributed by atoms with Crippen LogP contribution in [0.3, 0.4) is 0 Å². The molecule has 0 aromatic heterocycles. The van der Waals surface area contributed by atoms with Crippen LogP contribution < -0.4 is 5.32 Å². The highest BCUT2D eigenvalue weighted by atomic mass is 19.3. The third kappa shape index (κ3) is 5.10. The quantitative estimate of drug-likeness (QED) is 0.518. The molecule has 0 saturated carbocycles. The first-order valence-electron chi connectivity index (χ1n) is 11.2. The van der Waals surface area contributed by atoms with Crippen molar-refractivity contribution in [1.29, 1.82) is 0 Å². The number of carbonyl (C=O) groups excluding carboxylic acids is 1. The van der Waals surface area contributed by atoms with Gasteiger partial charge in [-0.2, -0.15) is 8.78 Å². The zero-order valence-electron chi connectivity index (χ0n) is 18.7. The standard InChI is InChI=1S/C26H26F5NO2/c1-25(12-16-7-20(28)11-21(29)8-16)23-10-18(5-6-19(23)13-32-24(25)33)17-3-2-4-22(9-17)34-15-26(30,31)14-27/h2-4,6-8,10-11,17-18H,5,9,12-15H2,1H3,(H,32,33). The number of carbonyl (C=O) groups is 1. The summed E-state index contributed by atoms with van der Waals surface area (Å²) in [6.45, 7) is -0.667. The van der Waals surface area contributed by atoms with Crippen molar-refractivity contribution in [3.05, 3.63) is 82.7 Å². The summed E-state index contributed by atoms with van der Waals surface area (Å²) in [5, 5.41) is 2.88. The lowest BCUT2D eigenvalue weighted by Crippen LogP contribution is -2.49. The number of allylic oxidation sites excluding steroid dienone is 6. The van der Waals surface area contributed by atoms with Gasteiger partial charge in [0.05, 0.1) is 11.2 Å². The maximum atomic E-state index is 13.8. The molecule has 3 unspecified atom stereocenters. The number of amides is 1. The molecule has 1 amide bonds. The third-order valence-corrected chi connectivity index (χ3v) is 6.67. The molecule has 34 heavy (non-hydrogen) atoms. The molecule has 1 aromatic rings. The molecule has 3 atom stereocenters. The van der Waals surface area contributed by atoms with Crippen LogP contribution in [0.15, 0.2) is 65.5 Å². The van der Waals surface area contributed by atoms with Gasteiger partial charge < -0.3 is 10.1 Å². The van der Waals surface area contributed by atoms with Gasteiger partial charge in [0.1, 0.15) is 11.6 Å². The monoisotopic (exact) mass is 479 g/mol. The van der Waals surface area contributed by atoms with E-state index in [1.54, 1.807) is 19.1 Å². The van der Waals surface area contributed by atoms with Crippen molar-refractivity contribution in [3.8, 4) is 0 Å². The van der Waals surface area contributed by atoms with Crippen molar-refractivity contribution >= 4 is 5.91 Å². The number of fused-ring (bicyclic) bond motifs is 1. The van der Waals surface area contributed by atoms with Crippen molar-refractivity contribution in [2.24, 2.45) is 17.3 Å². The highest BCUT2D eigenvalue weighted by Gasteiger charge is 2.44. The van der Waals surface area contributed by atoms with Crippen LogP contribution in [0.25, 0.3) is 0 Å². The second-order valence-electron chi connectivity index (χ2n) is 9.34. The number of hydrogen-bond donors (Lipinski definition) is 1. The van der Waals surface area contributed by atoms with E-state index in [1.165, 1.54) is 12.1 Å². The average Bonchev–Trinajstić information content (AvgIpc) is 2.80. The molecule has 182 valence electrons. The van der Waals surface area contributed by atoms with Gasteiger partial charge in [0, 0.05) is 19.0 Å². The molecule has 1 aromatic carbocycles. The van der Waals surface area contributed by atoms with Crippen molar-refractivity contribution < 1.29 is 31.5 Å². The minimum absolute atomic E-state index is 0.0292. The second kappa shape index (κ2) is 9.39. The first-order valence-corrected chi connectivity index (χ1v) is 11.2.